The van der Waals surface area contributed by atoms with Crippen LogP contribution in [0.5, 0.6) is 0 Å². The second-order valence-corrected chi connectivity index (χ2v) is 8.80. The van der Waals surface area contributed by atoms with E-state index in [0.717, 1.165) is 32.0 Å². The predicted molar refractivity (Wildman–Crippen MR) is 136 cm³/mol. The first-order valence-corrected chi connectivity index (χ1v) is 12.3. The Morgan fingerprint density at radius 3 is 2.28 bits per heavy atom. The Kier molecular flexibility index (Phi) is 10.6. The van der Waals surface area contributed by atoms with Gasteiger partial charge in [-0.1, -0.05) is 60.7 Å². The molecule has 0 aliphatic carbocycles. The zero-order chi connectivity index (χ0) is 22.4. The SMILES string of the molecule is CCNC(=NCC(Cc1ccccc1)c1ccccc1)NCCCCN1CCN(C)CC1. The molecule has 3 rings (SSSR count). The lowest BCUT2D eigenvalue weighted by atomic mass is 9.92. The molecule has 2 aromatic carbocycles. The van der Waals surface area contributed by atoms with Crippen LogP contribution in [0, 0.1) is 0 Å². The van der Waals surface area contributed by atoms with Crippen LogP contribution in [-0.2, 0) is 6.42 Å². The lowest BCUT2D eigenvalue weighted by molar-refractivity contribution is 0.152. The van der Waals surface area contributed by atoms with Crippen LogP contribution in [-0.4, -0.2) is 75.2 Å². The van der Waals surface area contributed by atoms with Crippen LogP contribution in [0.2, 0.25) is 0 Å². The summed E-state index contributed by atoms with van der Waals surface area (Å²) < 4.78 is 0. The van der Waals surface area contributed by atoms with E-state index in [9.17, 15) is 0 Å². The molecule has 0 bridgehead atoms. The maximum absolute atomic E-state index is 4.96. The van der Waals surface area contributed by atoms with Crippen molar-refractivity contribution >= 4 is 5.96 Å². The zero-order valence-electron chi connectivity index (χ0n) is 20.0. The Hall–Kier alpha value is -2.37. The van der Waals surface area contributed by atoms with Gasteiger partial charge in [0.25, 0.3) is 0 Å². The fourth-order valence-corrected chi connectivity index (χ4v) is 4.19. The summed E-state index contributed by atoms with van der Waals surface area (Å²) >= 11 is 0. The number of aliphatic imine (C=N–C) groups is 1. The zero-order valence-corrected chi connectivity index (χ0v) is 20.0. The molecule has 0 spiro atoms. The third-order valence-electron chi connectivity index (χ3n) is 6.20. The third-order valence-corrected chi connectivity index (χ3v) is 6.20. The number of piperazine rings is 1. The van der Waals surface area contributed by atoms with Crippen LogP contribution in [0.25, 0.3) is 0 Å². The number of benzene rings is 2. The smallest absolute Gasteiger partial charge is 0.191 e. The van der Waals surface area contributed by atoms with Crippen LogP contribution >= 0.6 is 0 Å². The van der Waals surface area contributed by atoms with E-state index in [1.807, 2.05) is 0 Å². The van der Waals surface area contributed by atoms with E-state index in [4.69, 9.17) is 4.99 Å². The predicted octanol–water partition coefficient (Wildman–Crippen LogP) is 3.60. The maximum atomic E-state index is 4.96. The maximum Gasteiger partial charge on any atom is 0.191 e. The van der Waals surface area contributed by atoms with Gasteiger partial charge in [0, 0.05) is 51.7 Å². The minimum atomic E-state index is 0.367. The average Bonchev–Trinajstić information content (AvgIpc) is 2.83. The van der Waals surface area contributed by atoms with Crippen LogP contribution in [0.3, 0.4) is 0 Å². The number of nitrogens with one attached hydrogen (secondary N) is 2. The van der Waals surface area contributed by atoms with Crippen molar-refractivity contribution in [3.8, 4) is 0 Å². The van der Waals surface area contributed by atoms with Gasteiger partial charge in [0.05, 0.1) is 0 Å². The van der Waals surface area contributed by atoms with E-state index in [1.165, 1.54) is 56.7 Å². The summed E-state index contributed by atoms with van der Waals surface area (Å²) in [5, 5.41) is 6.97. The van der Waals surface area contributed by atoms with E-state index in [-0.39, 0.29) is 0 Å². The molecule has 0 radical (unpaired) electrons. The minimum absolute atomic E-state index is 0.367. The first-order chi connectivity index (χ1) is 15.7. The highest BCUT2D eigenvalue weighted by Gasteiger charge is 2.14. The van der Waals surface area contributed by atoms with Gasteiger partial charge in [-0.15, -0.1) is 0 Å². The summed E-state index contributed by atoms with van der Waals surface area (Å²) in [4.78, 5) is 9.97. The summed E-state index contributed by atoms with van der Waals surface area (Å²) in [6.45, 7) is 10.7. The van der Waals surface area contributed by atoms with Crippen molar-refractivity contribution in [3.05, 3.63) is 71.8 Å². The summed E-state index contributed by atoms with van der Waals surface area (Å²) in [5.41, 5.74) is 2.71. The first-order valence-electron chi connectivity index (χ1n) is 12.3. The molecule has 5 nitrogen and oxygen atoms in total. The van der Waals surface area contributed by atoms with Gasteiger partial charge in [-0.2, -0.15) is 0 Å². The quantitative estimate of drug-likeness (QED) is 0.322. The van der Waals surface area contributed by atoms with Crippen molar-refractivity contribution in [1.29, 1.82) is 0 Å². The highest BCUT2D eigenvalue weighted by atomic mass is 15.2. The van der Waals surface area contributed by atoms with Crippen molar-refractivity contribution in [2.75, 3.05) is 59.4 Å². The summed E-state index contributed by atoms with van der Waals surface area (Å²) in [6.07, 6.45) is 3.40. The lowest BCUT2D eigenvalue weighted by Crippen LogP contribution is -2.44. The average molecular weight is 436 g/mol. The van der Waals surface area contributed by atoms with Crippen molar-refractivity contribution in [2.45, 2.75) is 32.1 Å². The van der Waals surface area contributed by atoms with Gasteiger partial charge in [-0.25, -0.2) is 0 Å². The highest BCUT2D eigenvalue weighted by molar-refractivity contribution is 5.79. The fraction of sp³-hybridized carbons (Fsp3) is 0.519. The van der Waals surface area contributed by atoms with Gasteiger partial charge in [-0.05, 0) is 50.9 Å². The molecule has 0 saturated carbocycles. The van der Waals surface area contributed by atoms with Crippen molar-refractivity contribution < 1.29 is 0 Å². The molecule has 1 fully saturated rings. The normalized spacial score (nSPS) is 16.6. The molecule has 1 atom stereocenters. The van der Waals surface area contributed by atoms with E-state index < -0.39 is 0 Å². The second kappa shape index (κ2) is 13.9. The largest absolute Gasteiger partial charge is 0.357 e. The lowest BCUT2D eigenvalue weighted by Gasteiger charge is -2.32. The van der Waals surface area contributed by atoms with Crippen molar-refractivity contribution in [2.24, 2.45) is 4.99 Å². The Morgan fingerprint density at radius 2 is 1.59 bits per heavy atom. The molecule has 2 aromatic rings. The molecule has 2 N–H and O–H groups in total. The molecule has 0 amide bonds. The number of likely N-dealkylation sites (N-methyl/N-ethyl adjacent to an activating group) is 1. The molecule has 1 saturated heterocycles. The summed E-state index contributed by atoms with van der Waals surface area (Å²) in [5.74, 6) is 1.30. The molecular formula is C27H41N5. The van der Waals surface area contributed by atoms with Gasteiger partial charge < -0.3 is 20.4 Å². The highest BCUT2D eigenvalue weighted by Crippen LogP contribution is 2.21. The number of unbranched alkanes of at least 4 members (excludes halogenated alkanes) is 1. The molecule has 32 heavy (non-hydrogen) atoms. The minimum Gasteiger partial charge on any atom is -0.357 e. The Bertz CT molecular complexity index is 769. The molecule has 0 aromatic heterocycles. The molecule has 1 aliphatic heterocycles. The van der Waals surface area contributed by atoms with Gasteiger partial charge in [0.2, 0.25) is 0 Å². The van der Waals surface area contributed by atoms with E-state index in [2.05, 4.69) is 95.1 Å². The molecule has 174 valence electrons. The van der Waals surface area contributed by atoms with Crippen LogP contribution in [0.1, 0.15) is 36.8 Å². The Balaban J connectivity index is 1.49. The van der Waals surface area contributed by atoms with Crippen LogP contribution in [0.15, 0.2) is 65.7 Å². The van der Waals surface area contributed by atoms with Crippen LogP contribution < -0.4 is 10.6 Å². The topological polar surface area (TPSA) is 42.9 Å². The monoisotopic (exact) mass is 435 g/mol. The molecule has 5 heteroatoms. The van der Waals surface area contributed by atoms with Crippen molar-refractivity contribution in [3.63, 3.8) is 0 Å². The van der Waals surface area contributed by atoms with E-state index >= 15 is 0 Å². The summed E-state index contributed by atoms with van der Waals surface area (Å²) in [6, 6.07) is 21.5. The van der Waals surface area contributed by atoms with Crippen molar-refractivity contribution in [1.82, 2.24) is 20.4 Å². The van der Waals surface area contributed by atoms with E-state index in [1.54, 1.807) is 0 Å². The number of nitrogens with zero attached hydrogens (tertiary/aromatic N) is 3. The van der Waals surface area contributed by atoms with Crippen LogP contribution in [0.4, 0.5) is 0 Å². The fourth-order valence-electron chi connectivity index (χ4n) is 4.19. The number of rotatable bonds is 11. The first kappa shape index (κ1) is 24.3. The molecule has 1 unspecified atom stereocenters. The molecule has 1 aliphatic rings. The Labute approximate surface area is 194 Å². The van der Waals surface area contributed by atoms with Gasteiger partial charge in [-0.3, -0.25) is 4.99 Å². The number of guanidine groups is 1. The second-order valence-electron chi connectivity index (χ2n) is 8.80. The van der Waals surface area contributed by atoms with Gasteiger partial charge in [0.15, 0.2) is 5.96 Å². The van der Waals surface area contributed by atoms with E-state index in [0.29, 0.717) is 5.92 Å². The third kappa shape index (κ3) is 8.64. The summed E-state index contributed by atoms with van der Waals surface area (Å²) in [7, 11) is 2.21. The van der Waals surface area contributed by atoms with Gasteiger partial charge >= 0.3 is 0 Å². The standard InChI is InChI=1S/C27H41N5/c1-3-28-27(29-16-10-11-17-32-20-18-31(2)19-21-32)30-23-26(25-14-8-5-9-15-25)22-24-12-6-4-7-13-24/h4-9,12-15,26H,3,10-11,16-23H2,1-2H3,(H2,28,29,30). The Morgan fingerprint density at radius 1 is 0.906 bits per heavy atom. The number of hydrogen-bond donors (Lipinski definition) is 2. The molecule has 1 heterocycles. The van der Waals surface area contributed by atoms with Gasteiger partial charge in [0.1, 0.15) is 0 Å². The molecular weight excluding hydrogens is 394 g/mol. The number of hydrogen-bond acceptors (Lipinski definition) is 3.